The number of ether oxygens (including phenoxy) is 3. The normalized spacial score (nSPS) is 22.0. The molecule has 29 heavy (non-hydrogen) atoms. The van der Waals surface area contributed by atoms with Crippen molar-refractivity contribution >= 4 is 0 Å². The molecule has 2 fully saturated rings. The Balaban J connectivity index is 1.74. The Labute approximate surface area is 174 Å². The quantitative estimate of drug-likeness (QED) is 0.405. The Bertz CT molecular complexity index is 819. The molecule has 0 aromatic heterocycles. The summed E-state index contributed by atoms with van der Waals surface area (Å²) in [5, 5.41) is 0. The van der Waals surface area contributed by atoms with Crippen molar-refractivity contribution in [2.24, 2.45) is 0 Å². The second-order valence-corrected chi connectivity index (χ2v) is 8.00. The highest BCUT2D eigenvalue weighted by Gasteiger charge is 2.43. The summed E-state index contributed by atoms with van der Waals surface area (Å²) in [6.07, 6.45) is 5.50. The topological polar surface area (TPSA) is 34.3 Å². The van der Waals surface area contributed by atoms with E-state index in [1.165, 1.54) is 33.4 Å². The van der Waals surface area contributed by atoms with Crippen molar-refractivity contribution in [3.8, 4) is 0 Å². The number of aryl methyl sites for hydroxylation is 2. The van der Waals surface area contributed by atoms with Crippen LogP contribution in [0.3, 0.4) is 0 Å². The van der Waals surface area contributed by atoms with Gasteiger partial charge in [0.05, 0.1) is 13.2 Å². The van der Waals surface area contributed by atoms with Crippen molar-refractivity contribution in [1.29, 1.82) is 0 Å². The fourth-order valence-electron chi connectivity index (χ4n) is 4.27. The molecule has 4 rings (SSSR count). The van der Waals surface area contributed by atoms with Crippen LogP contribution in [0.4, 0.5) is 0 Å². The highest BCUT2D eigenvalue weighted by Crippen LogP contribution is 2.43. The molecule has 0 amide bonds. The summed E-state index contributed by atoms with van der Waals surface area (Å²) in [4.78, 5) is 0. The van der Waals surface area contributed by atoms with Crippen LogP contribution in [-0.4, -0.2) is 25.4 Å². The molecular weight excluding hydrogens is 360 g/mol. The molecule has 0 saturated carbocycles. The van der Waals surface area contributed by atoms with Crippen molar-refractivity contribution in [2.75, 3.05) is 13.2 Å². The Kier molecular flexibility index (Phi) is 6.00. The largest absolute Gasteiger partial charge is 0.370 e. The van der Waals surface area contributed by atoms with Gasteiger partial charge in [0.1, 0.15) is 24.4 Å². The highest BCUT2D eigenvalue weighted by atomic mass is 16.6. The molecule has 2 heterocycles. The van der Waals surface area contributed by atoms with Gasteiger partial charge in [-0.2, -0.15) is 0 Å². The summed E-state index contributed by atoms with van der Waals surface area (Å²) in [6.45, 7) is 13.6. The van der Waals surface area contributed by atoms with Gasteiger partial charge >= 0.3 is 0 Å². The zero-order chi connectivity index (χ0) is 20.4. The lowest BCUT2D eigenvalue weighted by Crippen LogP contribution is -2.22. The van der Waals surface area contributed by atoms with Crippen LogP contribution in [0.15, 0.2) is 61.7 Å². The SMILES string of the molecule is C=CCc1cccc(C)c1C(OC(c1c(C)cccc1CC=C)C1CO1)C1CO1. The Morgan fingerprint density at radius 1 is 0.862 bits per heavy atom. The molecule has 0 aliphatic carbocycles. The van der Waals surface area contributed by atoms with Crippen LogP contribution in [0.5, 0.6) is 0 Å². The maximum atomic E-state index is 6.89. The number of hydrogen-bond donors (Lipinski definition) is 0. The fourth-order valence-corrected chi connectivity index (χ4v) is 4.27. The lowest BCUT2D eigenvalue weighted by molar-refractivity contribution is -0.0431. The van der Waals surface area contributed by atoms with Crippen molar-refractivity contribution in [1.82, 2.24) is 0 Å². The van der Waals surface area contributed by atoms with Gasteiger partial charge in [-0.05, 0) is 60.1 Å². The summed E-state index contributed by atoms with van der Waals surface area (Å²) >= 11 is 0. The first kappa shape index (κ1) is 20.1. The van der Waals surface area contributed by atoms with E-state index in [0.717, 1.165) is 26.1 Å². The molecule has 4 atom stereocenters. The van der Waals surface area contributed by atoms with Crippen LogP contribution in [-0.2, 0) is 27.1 Å². The number of epoxide rings is 2. The van der Waals surface area contributed by atoms with Gasteiger partial charge in [-0.3, -0.25) is 0 Å². The summed E-state index contributed by atoms with van der Waals surface area (Å²) in [5.74, 6) is 0. The van der Waals surface area contributed by atoms with E-state index in [4.69, 9.17) is 14.2 Å². The lowest BCUT2D eigenvalue weighted by atomic mass is 9.91. The van der Waals surface area contributed by atoms with Crippen LogP contribution in [0.1, 0.15) is 45.6 Å². The van der Waals surface area contributed by atoms with Crippen LogP contribution in [0.2, 0.25) is 0 Å². The minimum absolute atomic E-state index is 0.0905. The van der Waals surface area contributed by atoms with Crippen LogP contribution < -0.4 is 0 Å². The highest BCUT2D eigenvalue weighted by molar-refractivity contribution is 5.41. The van der Waals surface area contributed by atoms with E-state index in [-0.39, 0.29) is 24.4 Å². The summed E-state index contributed by atoms with van der Waals surface area (Å²) < 4.78 is 18.4. The molecule has 2 saturated heterocycles. The second-order valence-electron chi connectivity index (χ2n) is 8.00. The molecule has 0 bridgehead atoms. The van der Waals surface area contributed by atoms with E-state index < -0.39 is 0 Å². The Morgan fingerprint density at radius 3 is 1.62 bits per heavy atom. The second kappa shape index (κ2) is 8.66. The van der Waals surface area contributed by atoms with E-state index in [2.05, 4.69) is 63.4 Å². The molecule has 2 aliphatic heterocycles. The zero-order valence-electron chi connectivity index (χ0n) is 17.4. The minimum atomic E-state index is -0.114. The van der Waals surface area contributed by atoms with Gasteiger partial charge in [0.25, 0.3) is 0 Å². The molecule has 2 aromatic rings. The average Bonchev–Trinajstić information content (AvgIpc) is 3.59. The lowest BCUT2D eigenvalue weighted by Gasteiger charge is -2.28. The van der Waals surface area contributed by atoms with Gasteiger partial charge in [0.2, 0.25) is 0 Å². The first-order chi connectivity index (χ1) is 14.1. The van der Waals surface area contributed by atoms with E-state index in [9.17, 15) is 0 Å². The van der Waals surface area contributed by atoms with E-state index in [1.54, 1.807) is 0 Å². The third-order valence-corrected chi connectivity index (χ3v) is 5.81. The third-order valence-electron chi connectivity index (χ3n) is 5.81. The molecule has 4 unspecified atom stereocenters. The molecule has 0 N–H and O–H groups in total. The molecule has 2 aromatic carbocycles. The molecule has 152 valence electrons. The van der Waals surface area contributed by atoms with Gasteiger partial charge in [0.15, 0.2) is 0 Å². The first-order valence-electron chi connectivity index (χ1n) is 10.4. The summed E-state index contributed by atoms with van der Waals surface area (Å²) in [5.41, 5.74) is 7.45. The maximum absolute atomic E-state index is 6.89. The number of hydrogen-bond acceptors (Lipinski definition) is 3. The van der Waals surface area contributed by atoms with E-state index >= 15 is 0 Å². The number of rotatable bonds is 10. The van der Waals surface area contributed by atoms with Gasteiger partial charge in [-0.15, -0.1) is 13.2 Å². The first-order valence-corrected chi connectivity index (χ1v) is 10.4. The minimum Gasteiger partial charge on any atom is -0.370 e. The zero-order valence-corrected chi connectivity index (χ0v) is 17.4. The summed E-state index contributed by atoms with van der Waals surface area (Å²) in [7, 11) is 0. The van der Waals surface area contributed by atoms with E-state index in [0.29, 0.717) is 0 Å². The number of allylic oxidation sites excluding steroid dienone is 2. The smallest absolute Gasteiger partial charge is 0.112 e. The Hall–Kier alpha value is -2.20. The maximum Gasteiger partial charge on any atom is 0.112 e. The predicted molar refractivity (Wildman–Crippen MR) is 116 cm³/mol. The van der Waals surface area contributed by atoms with Crippen molar-refractivity contribution < 1.29 is 14.2 Å². The predicted octanol–water partition coefficient (Wildman–Crippen LogP) is 5.36. The van der Waals surface area contributed by atoms with Crippen LogP contribution >= 0.6 is 0 Å². The summed E-state index contributed by atoms with van der Waals surface area (Å²) in [6, 6.07) is 12.9. The number of benzene rings is 2. The van der Waals surface area contributed by atoms with Crippen LogP contribution in [0.25, 0.3) is 0 Å². The van der Waals surface area contributed by atoms with Crippen LogP contribution in [0, 0.1) is 13.8 Å². The van der Waals surface area contributed by atoms with Gasteiger partial charge in [0, 0.05) is 0 Å². The van der Waals surface area contributed by atoms with E-state index in [1.807, 2.05) is 12.2 Å². The average molecular weight is 391 g/mol. The van der Waals surface area contributed by atoms with Gasteiger partial charge in [-0.1, -0.05) is 48.6 Å². The molecule has 3 nitrogen and oxygen atoms in total. The van der Waals surface area contributed by atoms with Gasteiger partial charge < -0.3 is 14.2 Å². The van der Waals surface area contributed by atoms with Crippen molar-refractivity contribution in [2.45, 2.75) is 51.1 Å². The molecule has 0 radical (unpaired) electrons. The van der Waals surface area contributed by atoms with Crippen molar-refractivity contribution in [3.05, 3.63) is 95.1 Å². The standard InChI is InChI=1S/C26H30O3/c1-5-9-19-13-7-11-17(3)23(19)25(21-15-27-21)29-26(22-16-28-22)24-18(4)12-8-14-20(24)10-6-2/h5-8,11-14,21-22,25-26H,1-2,9-10,15-16H2,3-4H3. The third kappa shape index (κ3) is 4.37. The van der Waals surface area contributed by atoms with Crippen molar-refractivity contribution in [3.63, 3.8) is 0 Å². The fraction of sp³-hybridized carbons (Fsp3) is 0.385. The molecule has 3 heteroatoms. The monoisotopic (exact) mass is 390 g/mol. The molecular formula is C26H30O3. The molecule has 2 aliphatic rings. The van der Waals surface area contributed by atoms with Gasteiger partial charge in [-0.25, -0.2) is 0 Å². The molecule has 0 spiro atoms. The Morgan fingerprint density at radius 2 is 1.28 bits per heavy atom.